The van der Waals surface area contributed by atoms with E-state index in [1.54, 1.807) is 42.5 Å². The van der Waals surface area contributed by atoms with Gasteiger partial charge < -0.3 is 5.73 Å². The SMILES string of the molecule is C[C@H](c1nncc2cc(-c3ccccc3C(N)=O)ccc12)C(F)(F)F. The van der Waals surface area contributed by atoms with Crippen molar-refractivity contribution in [2.45, 2.75) is 19.0 Å². The van der Waals surface area contributed by atoms with E-state index in [1.165, 1.54) is 6.20 Å². The minimum absolute atomic E-state index is 0.125. The number of nitrogens with zero attached hydrogens (tertiary/aromatic N) is 2. The summed E-state index contributed by atoms with van der Waals surface area (Å²) in [4.78, 5) is 11.6. The first-order valence-electron chi connectivity index (χ1n) is 7.50. The summed E-state index contributed by atoms with van der Waals surface area (Å²) in [6, 6.07) is 11.7. The van der Waals surface area contributed by atoms with Gasteiger partial charge in [-0.1, -0.05) is 30.3 Å². The summed E-state index contributed by atoms with van der Waals surface area (Å²) in [5.74, 6) is -2.30. The lowest BCUT2D eigenvalue weighted by Crippen LogP contribution is -2.19. The van der Waals surface area contributed by atoms with Crippen LogP contribution in [0.15, 0.2) is 48.7 Å². The summed E-state index contributed by atoms with van der Waals surface area (Å²) in [6.45, 7) is 1.06. The summed E-state index contributed by atoms with van der Waals surface area (Å²) < 4.78 is 39.1. The second-order valence-electron chi connectivity index (χ2n) is 5.70. The van der Waals surface area contributed by atoms with Gasteiger partial charge in [0.05, 0.1) is 17.8 Å². The Morgan fingerprint density at radius 3 is 2.56 bits per heavy atom. The molecule has 2 N–H and O–H groups in total. The van der Waals surface area contributed by atoms with Crippen LogP contribution in [-0.4, -0.2) is 22.3 Å². The number of primary amides is 1. The van der Waals surface area contributed by atoms with E-state index in [-0.39, 0.29) is 5.69 Å². The van der Waals surface area contributed by atoms with E-state index < -0.39 is 18.0 Å². The van der Waals surface area contributed by atoms with E-state index in [0.29, 0.717) is 27.5 Å². The number of amides is 1. The minimum Gasteiger partial charge on any atom is -0.366 e. The third-order valence-electron chi connectivity index (χ3n) is 4.09. The molecule has 0 aliphatic heterocycles. The van der Waals surface area contributed by atoms with Crippen LogP contribution in [0.3, 0.4) is 0 Å². The zero-order valence-corrected chi connectivity index (χ0v) is 13.2. The van der Waals surface area contributed by atoms with E-state index in [9.17, 15) is 18.0 Å². The van der Waals surface area contributed by atoms with Crippen LogP contribution < -0.4 is 5.73 Å². The van der Waals surface area contributed by atoms with Gasteiger partial charge in [0.2, 0.25) is 5.91 Å². The maximum absolute atomic E-state index is 13.0. The Hall–Kier alpha value is -2.96. The second kappa shape index (κ2) is 6.16. The number of benzene rings is 2. The Balaban J connectivity index is 2.16. The van der Waals surface area contributed by atoms with Crippen molar-refractivity contribution in [1.29, 1.82) is 0 Å². The number of fused-ring (bicyclic) bond motifs is 1. The van der Waals surface area contributed by atoms with Crippen molar-refractivity contribution in [1.82, 2.24) is 10.2 Å². The number of alkyl halides is 3. The van der Waals surface area contributed by atoms with Crippen LogP contribution in [0.2, 0.25) is 0 Å². The quantitative estimate of drug-likeness (QED) is 0.778. The number of carbonyl (C=O) groups is 1. The molecule has 0 bridgehead atoms. The van der Waals surface area contributed by atoms with E-state index in [2.05, 4.69) is 10.2 Å². The monoisotopic (exact) mass is 345 g/mol. The molecule has 0 spiro atoms. The average molecular weight is 345 g/mol. The molecule has 2 aromatic carbocycles. The van der Waals surface area contributed by atoms with E-state index in [1.807, 2.05) is 0 Å². The van der Waals surface area contributed by atoms with Crippen LogP contribution >= 0.6 is 0 Å². The molecule has 128 valence electrons. The van der Waals surface area contributed by atoms with Gasteiger partial charge >= 0.3 is 6.18 Å². The van der Waals surface area contributed by atoms with Crippen molar-refractivity contribution in [2.24, 2.45) is 5.73 Å². The molecular weight excluding hydrogens is 331 g/mol. The van der Waals surface area contributed by atoms with Gasteiger partial charge in [0.25, 0.3) is 0 Å². The van der Waals surface area contributed by atoms with Crippen molar-refractivity contribution in [3.63, 3.8) is 0 Å². The second-order valence-corrected chi connectivity index (χ2v) is 5.70. The standard InChI is InChI=1S/C18H14F3N3O/c1-10(18(19,20)21)16-14-7-6-11(8-12(14)9-23-24-16)13-4-2-3-5-15(13)17(22)25/h2-10H,1H3,(H2,22,25)/t10-/m1/s1. The number of hydrogen-bond acceptors (Lipinski definition) is 3. The molecule has 0 radical (unpaired) electrons. The van der Waals surface area contributed by atoms with Gasteiger partial charge in [-0.05, 0) is 30.2 Å². The van der Waals surface area contributed by atoms with E-state index in [0.717, 1.165) is 6.92 Å². The highest BCUT2D eigenvalue weighted by Crippen LogP contribution is 2.37. The smallest absolute Gasteiger partial charge is 0.366 e. The molecule has 3 aromatic rings. The third-order valence-corrected chi connectivity index (χ3v) is 4.09. The molecule has 7 heteroatoms. The lowest BCUT2D eigenvalue weighted by molar-refractivity contribution is -0.146. The Morgan fingerprint density at radius 1 is 1.16 bits per heavy atom. The molecule has 1 aromatic heterocycles. The number of rotatable bonds is 3. The molecule has 0 aliphatic carbocycles. The lowest BCUT2D eigenvalue weighted by atomic mass is 9.95. The zero-order chi connectivity index (χ0) is 18.2. The van der Waals surface area contributed by atoms with E-state index >= 15 is 0 Å². The molecule has 3 rings (SSSR count). The summed E-state index contributed by atoms with van der Waals surface area (Å²) in [5.41, 5.74) is 6.88. The predicted octanol–water partition coefficient (Wildman–Crippen LogP) is 4.06. The molecule has 1 amide bonds. The van der Waals surface area contributed by atoms with Gasteiger partial charge in [0.1, 0.15) is 0 Å². The summed E-state index contributed by atoms with van der Waals surface area (Å²) in [7, 11) is 0. The fourth-order valence-electron chi connectivity index (χ4n) is 2.70. The maximum Gasteiger partial charge on any atom is 0.397 e. The Morgan fingerprint density at radius 2 is 1.88 bits per heavy atom. The molecule has 1 heterocycles. The molecular formula is C18H14F3N3O. The predicted molar refractivity (Wildman–Crippen MR) is 88.0 cm³/mol. The fraction of sp³-hybridized carbons (Fsp3) is 0.167. The molecule has 4 nitrogen and oxygen atoms in total. The molecule has 0 aliphatic rings. The van der Waals surface area contributed by atoms with Gasteiger partial charge in [-0.3, -0.25) is 4.79 Å². The normalized spacial score (nSPS) is 13.0. The van der Waals surface area contributed by atoms with Gasteiger partial charge in [-0.15, -0.1) is 0 Å². The van der Waals surface area contributed by atoms with Crippen molar-refractivity contribution >= 4 is 16.7 Å². The molecule has 0 saturated heterocycles. The minimum atomic E-state index is -4.40. The van der Waals surface area contributed by atoms with Crippen LogP contribution in [0.5, 0.6) is 0 Å². The molecule has 25 heavy (non-hydrogen) atoms. The number of carbonyl (C=O) groups excluding carboxylic acids is 1. The maximum atomic E-state index is 13.0. The van der Waals surface area contributed by atoms with Crippen LogP contribution in [0.4, 0.5) is 13.2 Å². The van der Waals surface area contributed by atoms with Crippen molar-refractivity contribution < 1.29 is 18.0 Å². The van der Waals surface area contributed by atoms with Gasteiger partial charge in [-0.2, -0.15) is 23.4 Å². The van der Waals surface area contributed by atoms with Crippen LogP contribution in [-0.2, 0) is 0 Å². The highest BCUT2D eigenvalue weighted by molar-refractivity contribution is 6.01. The number of nitrogens with two attached hydrogens (primary N) is 1. The first-order chi connectivity index (χ1) is 11.8. The van der Waals surface area contributed by atoms with Crippen LogP contribution in [0, 0.1) is 0 Å². The Kier molecular flexibility index (Phi) is 4.16. The lowest BCUT2D eigenvalue weighted by Gasteiger charge is -2.16. The molecule has 0 unspecified atom stereocenters. The van der Waals surface area contributed by atoms with Crippen LogP contribution in [0.25, 0.3) is 21.9 Å². The zero-order valence-electron chi connectivity index (χ0n) is 13.2. The van der Waals surface area contributed by atoms with Crippen molar-refractivity contribution in [3.8, 4) is 11.1 Å². The molecule has 0 fully saturated rings. The first kappa shape index (κ1) is 16.9. The summed E-state index contributed by atoms with van der Waals surface area (Å²) >= 11 is 0. The van der Waals surface area contributed by atoms with Crippen LogP contribution in [0.1, 0.15) is 28.9 Å². The Labute approximate surface area is 141 Å². The van der Waals surface area contributed by atoms with Gasteiger partial charge in [0, 0.05) is 16.3 Å². The van der Waals surface area contributed by atoms with Crippen molar-refractivity contribution in [2.75, 3.05) is 0 Å². The third kappa shape index (κ3) is 3.17. The number of aromatic nitrogens is 2. The molecule has 0 saturated carbocycles. The summed E-state index contributed by atoms with van der Waals surface area (Å²) in [6.07, 6.45) is -3.00. The average Bonchev–Trinajstić information content (AvgIpc) is 2.59. The van der Waals surface area contributed by atoms with E-state index in [4.69, 9.17) is 5.73 Å². The first-order valence-corrected chi connectivity index (χ1v) is 7.50. The number of halogens is 3. The van der Waals surface area contributed by atoms with Crippen molar-refractivity contribution in [3.05, 3.63) is 59.9 Å². The topological polar surface area (TPSA) is 68.9 Å². The number of hydrogen-bond donors (Lipinski definition) is 1. The highest BCUT2D eigenvalue weighted by Gasteiger charge is 2.39. The largest absolute Gasteiger partial charge is 0.397 e. The summed E-state index contributed by atoms with van der Waals surface area (Å²) in [5, 5.41) is 8.26. The highest BCUT2D eigenvalue weighted by atomic mass is 19.4. The Bertz CT molecular complexity index is 954. The molecule has 1 atom stereocenters. The fourth-order valence-corrected chi connectivity index (χ4v) is 2.70. The van der Waals surface area contributed by atoms with Gasteiger partial charge in [0.15, 0.2) is 0 Å². The van der Waals surface area contributed by atoms with Gasteiger partial charge in [-0.25, -0.2) is 0 Å².